The first-order valence-electron chi connectivity index (χ1n) is 5.35. The van der Waals surface area contributed by atoms with Crippen LogP contribution in [0, 0.1) is 5.41 Å². The van der Waals surface area contributed by atoms with Crippen molar-refractivity contribution in [1.29, 1.82) is 0 Å². The SMILES string of the molecule is CC(C)(C)C(NC(=O)CCl)c1ccccc1. The molecular weight excluding hydrogens is 222 g/mol. The molecule has 16 heavy (non-hydrogen) atoms. The summed E-state index contributed by atoms with van der Waals surface area (Å²) in [6.45, 7) is 6.29. The number of carbonyl (C=O) groups is 1. The number of carbonyl (C=O) groups excluding carboxylic acids is 1. The first kappa shape index (κ1) is 13.0. The van der Waals surface area contributed by atoms with Gasteiger partial charge in [-0.2, -0.15) is 0 Å². The molecule has 2 nitrogen and oxygen atoms in total. The summed E-state index contributed by atoms with van der Waals surface area (Å²) < 4.78 is 0. The zero-order valence-corrected chi connectivity index (χ0v) is 10.7. The minimum Gasteiger partial charge on any atom is -0.348 e. The Morgan fingerprint density at radius 1 is 1.31 bits per heavy atom. The molecule has 0 radical (unpaired) electrons. The van der Waals surface area contributed by atoms with Crippen LogP contribution < -0.4 is 5.32 Å². The molecule has 0 aliphatic rings. The van der Waals surface area contributed by atoms with Crippen molar-refractivity contribution < 1.29 is 4.79 Å². The number of nitrogens with one attached hydrogen (secondary N) is 1. The molecule has 1 amide bonds. The maximum atomic E-state index is 11.4. The molecule has 0 saturated heterocycles. The summed E-state index contributed by atoms with van der Waals surface area (Å²) in [6, 6.07) is 9.93. The zero-order chi connectivity index (χ0) is 12.2. The van der Waals surface area contributed by atoms with Crippen LogP contribution in [0.4, 0.5) is 0 Å². The van der Waals surface area contributed by atoms with Gasteiger partial charge in [0.2, 0.25) is 5.91 Å². The predicted molar refractivity (Wildman–Crippen MR) is 67.5 cm³/mol. The molecule has 0 aliphatic heterocycles. The van der Waals surface area contributed by atoms with E-state index in [4.69, 9.17) is 11.6 Å². The molecule has 0 heterocycles. The molecule has 0 aliphatic carbocycles. The lowest BCUT2D eigenvalue weighted by atomic mass is 9.82. The molecule has 1 atom stereocenters. The smallest absolute Gasteiger partial charge is 0.235 e. The average Bonchev–Trinajstić information content (AvgIpc) is 2.25. The third-order valence-electron chi connectivity index (χ3n) is 2.43. The van der Waals surface area contributed by atoms with Gasteiger partial charge in [-0.25, -0.2) is 0 Å². The summed E-state index contributed by atoms with van der Waals surface area (Å²) >= 11 is 5.52. The topological polar surface area (TPSA) is 29.1 Å². The number of rotatable bonds is 3. The van der Waals surface area contributed by atoms with E-state index < -0.39 is 0 Å². The van der Waals surface area contributed by atoms with Gasteiger partial charge in [0.05, 0.1) is 6.04 Å². The van der Waals surface area contributed by atoms with Gasteiger partial charge in [0.1, 0.15) is 5.88 Å². The van der Waals surface area contributed by atoms with Crippen LogP contribution in [0.2, 0.25) is 0 Å². The Labute approximate surface area is 102 Å². The summed E-state index contributed by atoms with van der Waals surface area (Å²) in [5, 5.41) is 2.95. The molecule has 1 rings (SSSR count). The Bertz CT molecular complexity index is 343. The fourth-order valence-electron chi connectivity index (χ4n) is 1.64. The van der Waals surface area contributed by atoms with Crippen molar-refractivity contribution in [2.45, 2.75) is 26.8 Å². The first-order chi connectivity index (χ1) is 7.45. The maximum Gasteiger partial charge on any atom is 0.235 e. The van der Waals surface area contributed by atoms with Crippen LogP contribution in [-0.4, -0.2) is 11.8 Å². The van der Waals surface area contributed by atoms with Crippen molar-refractivity contribution in [1.82, 2.24) is 5.32 Å². The van der Waals surface area contributed by atoms with Gasteiger partial charge in [0.15, 0.2) is 0 Å². The molecule has 0 aromatic heterocycles. The molecule has 0 bridgehead atoms. The Morgan fingerprint density at radius 3 is 2.31 bits per heavy atom. The number of hydrogen-bond donors (Lipinski definition) is 1. The summed E-state index contributed by atoms with van der Waals surface area (Å²) in [5.74, 6) is -0.134. The van der Waals surface area contributed by atoms with Crippen LogP contribution in [0.3, 0.4) is 0 Å². The van der Waals surface area contributed by atoms with E-state index in [1.165, 1.54) is 0 Å². The monoisotopic (exact) mass is 239 g/mol. The Morgan fingerprint density at radius 2 is 1.88 bits per heavy atom. The molecule has 88 valence electrons. The lowest BCUT2D eigenvalue weighted by Crippen LogP contribution is -2.37. The summed E-state index contributed by atoms with van der Waals surface area (Å²) in [7, 11) is 0. The van der Waals surface area contributed by atoms with E-state index in [2.05, 4.69) is 26.1 Å². The van der Waals surface area contributed by atoms with Crippen LogP contribution in [-0.2, 0) is 4.79 Å². The van der Waals surface area contributed by atoms with Crippen LogP contribution in [0.25, 0.3) is 0 Å². The molecule has 1 N–H and O–H groups in total. The van der Waals surface area contributed by atoms with E-state index in [0.29, 0.717) is 0 Å². The van der Waals surface area contributed by atoms with Crippen LogP contribution in [0.15, 0.2) is 30.3 Å². The van der Waals surface area contributed by atoms with Crippen LogP contribution >= 0.6 is 11.6 Å². The van der Waals surface area contributed by atoms with Crippen molar-refractivity contribution >= 4 is 17.5 Å². The average molecular weight is 240 g/mol. The normalized spacial score (nSPS) is 13.2. The molecule has 1 aromatic rings. The second-order valence-electron chi connectivity index (χ2n) is 4.91. The fourth-order valence-corrected chi connectivity index (χ4v) is 1.72. The molecular formula is C13H18ClNO. The minimum atomic E-state index is -0.134. The number of benzene rings is 1. The van der Waals surface area contributed by atoms with E-state index in [1.54, 1.807) is 0 Å². The number of alkyl halides is 1. The quantitative estimate of drug-likeness (QED) is 0.807. The molecule has 0 saturated carbocycles. The van der Waals surface area contributed by atoms with Crippen molar-refractivity contribution in [3.8, 4) is 0 Å². The molecule has 1 aromatic carbocycles. The molecule has 3 heteroatoms. The van der Waals surface area contributed by atoms with Gasteiger partial charge >= 0.3 is 0 Å². The van der Waals surface area contributed by atoms with Crippen molar-refractivity contribution in [2.75, 3.05) is 5.88 Å². The van der Waals surface area contributed by atoms with E-state index in [-0.39, 0.29) is 23.2 Å². The van der Waals surface area contributed by atoms with E-state index in [0.717, 1.165) is 5.56 Å². The zero-order valence-electron chi connectivity index (χ0n) is 9.96. The van der Waals surface area contributed by atoms with Crippen LogP contribution in [0.5, 0.6) is 0 Å². The largest absolute Gasteiger partial charge is 0.348 e. The van der Waals surface area contributed by atoms with Gasteiger partial charge in [-0.3, -0.25) is 4.79 Å². The molecule has 0 fully saturated rings. The molecule has 0 spiro atoms. The highest BCUT2D eigenvalue weighted by Gasteiger charge is 2.27. The summed E-state index contributed by atoms with van der Waals surface area (Å²) in [6.07, 6.45) is 0. The van der Waals surface area contributed by atoms with Gasteiger partial charge in [0, 0.05) is 0 Å². The number of hydrogen-bond acceptors (Lipinski definition) is 1. The Hall–Kier alpha value is -1.02. The summed E-state index contributed by atoms with van der Waals surface area (Å²) in [4.78, 5) is 11.4. The van der Waals surface area contributed by atoms with E-state index in [9.17, 15) is 4.79 Å². The van der Waals surface area contributed by atoms with Crippen LogP contribution in [0.1, 0.15) is 32.4 Å². The predicted octanol–water partition coefficient (Wildman–Crippen LogP) is 3.13. The second-order valence-corrected chi connectivity index (χ2v) is 5.18. The number of amides is 1. The molecule has 1 unspecified atom stereocenters. The third kappa shape index (κ3) is 3.53. The summed E-state index contributed by atoms with van der Waals surface area (Å²) in [5.41, 5.74) is 1.07. The lowest BCUT2D eigenvalue weighted by molar-refractivity contribution is -0.120. The van der Waals surface area contributed by atoms with Gasteiger partial charge in [-0.1, -0.05) is 51.1 Å². The van der Waals surface area contributed by atoms with Crippen molar-refractivity contribution in [3.05, 3.63) is 35.9 Å². The minimum absolute atomic E-state index is 0.000582. The van der Waals surface area contributed by atoms with E-state index in [1.807, 2.05) is 30.3 Å². The number of halogens is 1. The maximum absolute atomic E-state index is 11.4. The van der Waals surface area contributed by atoms with Gasteiger partial charge in [-0.05, 0) is 11.0 Å². The highest BCUT2D eigenvalue weighted by Crippen LogP contribution is 2.32. The van der Waals surface area contributed by atoms with Crippen molar-refractivity contribution in [2.24, 2.45) is 5.41 Å². The van der Waals surface area contributed by atoms with Gasteiger partial charge in [-0.15, -0.1) is 11.6 Å². The Kier molecular flexibility index (Phi) is 4.36. The van der Waals surface area contributed by atoms with Gasteiger partial charge < -0.3 is 5.32 Å². The second kappa shape index (κ2) is 5.35. The fraction of sp³-hybridized carbons (Fsp3) is 0.462. The highest BCUT2D eigenvalue weighted by molar-refractivity contribution is 6.27. The van der Waals surface area contributed by atoms with Gasteiger partial charge in [0.25, 0.3) is 0 Å². The van der Waals surface area contributed by atoms with E-state index >= 15 is 0 Å². The lowest BCUT2D eigenvalue weighted by Gasteiger charge is -2.31. The standard InChI is InChI=1S/C13H18ClNO/c1-13(2,3)12(15-11(16)9-14)10-7-5-4-6-8-10/h4-8,12H,9H2,1-3H3,(H,15,16). The van der Waals surface area contributed by atoms with Crippen molar-refractivity contribution in [3.63, 3.8) is 0 Å². The third-order valence-corrected chi connectivity index (χ3v) is 2.67. The highest BCUT2D eigenvalue weighted by atomic mass is 35.5. The first-order valence-corrected chi connectivity index (χ1v) is 5.89. The Balaban J connectivity index is 2.93.